The van der Waals surface area contributed by atoms with E-state index in [1.165, 1.54) is 17.7 Å². The van der Waals surface area contributed by atoms with E-state index >= 15 is 0 Å². The van der Waals surface area contributed by atoms with Gasteiger partial charge in [0.1, 0.15) is 11.6 Å². The van der Waals surface area contributed by atoms with E-state index in [1.54, 1.807) is 12.4 Å². The lowest BCUT2D eigenvalue weighted by atomic mass is 10.0. The predicted octanol–water partition coefficient (Wildman–Crippen LogP) is 4.46. The molecule has 0 radical (unpaired) electrons. The van der Waals surface area contributed by atoms with Crippen LogP contribution in [0.15, 0.2) is 67.0 Å². The van der Waals surface area contributed by atoms with Crippen molar-refractivity contribution in [3.63, 3.8) is 0 Å². The molecule has 0 saturated carbocycles. The van der Waals surface area contributed by atoms with Gasteiger partial charge in [-0.3, -0.25) is 0 Å². The number of hydrogen-bond donors (Lipinski definition) is 0. The van der Waals surface area contributed by atoms with Gasteiger partial charge in [0.05, 0.1) is 0 Å². The fourth-order valence-corrected chi connectivity index (χ4v) is 2.46. The van der Waals surface area contributed by atoms with Crippen molar-refractivity contribution in [3.8, 4) is 11.1 Å². The predicted molar refractivity (Wildman–Crippen MR) is 85.9 cm³/mol. The summed E-state index contributed by atoms with van der Waals surface area (Å²) in [6.07, 6.45) is 6.42. The zero-order chi connectivity index (χ0) is 15.2. The molecule has 0 aliphatic rings. The van der Waals surface area contributed by atoms with Crippen LogP contribution in [0.5, 0.6) is 0 Å². The fraction of sp³-hybridized carbons (Fsp3) is 0.158. The Kier molecular flexibility index (Phi) is 4.54. The maximum absolute atomic E-state index is 13.0. The van der Waals surface area contributed by atoms with Gasteiger partial charge in [-0.1, -0.05) is 36.4 Å². The fourth-order valence-electron chi connectivity index (χ4n) is 2.46. The normalized spacial score (nSPS) is 10.6. The van der Waals surface area contributed by atoms with E-state index in [2.05, 4.69) is 28.2 Å². The van der Waals surface area contributed by atoms with Crippen LogP contribution < -0.4 is 0 Å². The first-order valence-electron chi connectivity index (χ1n) is 7.42. The molecule has 0 atom stereocenters. The van der Waals surface area contributed by atoms with Gasteiger partial charge >= 0.3 is 0 Å². The monoisotopic (exact) mass is 292 g/mol. The van der Waals surface area contributed by atoms with Crippen LogP contribution in [0.1, 0.15) is 17.8 Å². The molecular weight excluding hydrogens is 275 g/mol. The molecule has 0 spiro atoms. The van der Waals surface area contributed by atoms with Crippen molar-refractivity contribution < 1.29 is 4.39 Å². The highest BCUT2D eigenvalue weighted by Crippen LogP contribution is 2.21. The van der Waals surface area contributed by atoms with Gasteiger partial charge in [-0.05, 0) is 47.7 Å². The zero-order valence-corrected chi connectivity index (χ0v) is 12.2. The van der Waals surface area contributed by atoms with Gasteiger partial charge in [-0.15, -0.1) is 0 Å². The highest BCUT2D eigenvalue weighted by molar-refractivity contribution is 5.64. The van der Waals surface area contributed by atoms with Crippen LogP contribution in [-0.4, -0.2) is 9.97 Å². The lowest BCUT2D eigenvalue weighted by Crippen LogP contribution is -1.95. The third-order valence-electron chi connectivity index (χ3n) is 3.59. The Hall–Kier alpha value is -2.55. The van der Waals surface area contributed by atoms with Gasteiger partial charge in [0.15, 0.2) is 0 Å². The smallest absolute Gasteiger partial charge is 0.128 e. The number of rotatable bonds is 5. The second-order valence-corrected chi connectivity index (χ2v) is 5.23. The Morgan fingerprint density at radius 3 is 2.32 bits per heavy atom. The second-order valence-electron chi connectivity index (χ2n) is 5.23. The molecule has 0 aliphatic carbocycles. The van der Waals surface area contributed by atoms with Gasteiger partial charge in [0.25, 0.3) is 0 Å². The first kappa shape index (κ1) is 14.4. The summed E-state index contributed by atoms with van der Waals surface area (Å²) < 4.78 is 13.0. The van der Waals surface area contributed by atoms with Crippen molar-refractivity contribution in [2.75, 3.05) is 0 Å². The number of aryl methyl sites for hydroxylation is 2. The average molecular weight is 292 g/mol. The highest BCUT2D eigenvalue weighted by atomic mass is 19.1. The van der Waals surface area contributed by atoms with Gasteiger partial charge in [-0.2, -0.15) is 0 Å². The van der Waals surface area contributed by atoms with Crippen LogP contribution in [0.25, 0.3) is 11.1 Å². The van der Waals surface area contributed by atoms with Crippen LogP contribution in [0, 0.1) is 5.82 Å². The van der Waals surface area contributed by atoms with E-state index in [4.69, 9.17) is 0 Å². The van der Waals surface area contributed by atoms with E-state index in [0.717, 1.165) is 36.2 Å². The minimum atomic E-state index is -0.206. The lowest BCUT2D eigenvalue weighted by Gasteiger charge is -2.06. The standard InChI is InChI=1S/C19H17FN2/c20-18-10-8-16(9-11-18)17-6-1-4-15(14-17)5-2-7-19-21-12-3-13-22-19/h1,3-4,6,8-14H,2,5,7H2. The van der Waals surface area contributed by atoms with Crippen LogP contribution in [-0.2, 0) is 12.8 Å². The molecule has 0 amide bonds. The first-order valence-corrected chi connectivity index (χ1v) is 7.42. The first-order chi connectivity index (χ1) is 10.8. The van der Waals surface area contributed by atoms with Crippen LogP contribution in [0.4, 0.5) is 4.39 Å². The van der Waals surface area contributed by atoms with Gasteiger partial charge in [-0.25, -0.2) is 14.4 Å². The van der Waals surface area contributed by atoms with Crippen molar-refractivity contribution in [1.82, 2.24) is 9.97 Å². The summed E-state index contributed by atoms with van der Waals surface area (Å²) in [5.41, 5.74) is 3.43. The van der Waals surface area contributed by atoms with Gasteiger partial charge < -0.3 is 0 Å². The minimum Gasteiger partial charge on any atom is -0.241 e. The number of halogens is 1. The van der Waals surface area contributed by atoms with Crippen molar-refractivity contribution in [2.45, 2.75) is 19.3 Å². The van der Waals surface area contributed by atoms with Crippen LogP contribution in [0.3, 0.4) is 0 Å². The second kappa shape index (κ2) is 6.94. The number of nitrogens with zero attached hydrogens (tertiary/aromatic N) is 2. The summed E-state index contributed by atoms with van der Waals surface area (Å²) >= 11 is 0. The SMILES string of the molecule is Fc1ccc(-c2cccc(CCCc3ncccn3)c2)cc1. The Morgan fingerprint density at radius 2 is 1.55 bits per heavy atom. The molecule has 0 N–H and O–H groups in total. The van der Waals surface area contributed by atoms with E-state index in [-0.39, 0.29) is 5.82 Å². The highest BCUT2D eigenvalue weighted by Gasteiger charge is 2.01. The largest absolute Gasteiger partial charge is 0.241 e. The van der Waals surface area contributed by atoms with E-state index in [1.807, 2.05) is 24.3 Å². The van der Waals surface area contributed by atoms with Crippen molar-refractivity contribution in [3.05, 3.63) is 84.2 Å². The molecular formula is C19H17FN2. The molecule has 3 rings (SSSR count). The third kappa shape index (κ3) is 3.76. The molecule has 1 aromatic heterocycles. The number of hydrogen-bond acceptors (Lipinski definition) is 2. The molecule has 0 saturated heterocycles. The molecule has 110 valence electrons. The maximum atomic E-state index is 13.0. The zero-order valence-electron chi connectivity index (χ0n) is 12.2. The number of aromatic nitrogens is 2. The molecule has 3 heteroatoms. The summed E-state index contributed by atoms with van der Waals surface area (Å²) in [5.74, 6) is 0.681. The molecule has 2 nitrogen and oxygen atoms in total. The van der Waals surface area contributed by atoms with Gasteiger partial charge in [0.2, 0.25) is 0 Å². The third-order valence-corrected chi connectivity index (χ3v) is 3.59. The Labute approximate surface area is 129 Å². The summed E-state index contributed by atoms with van der Waals surface area (Å²) in [7, 11) is 0. The van der Waals surface area contributed by atoms with E-state index < -0.39 is 0 Å². The molecule has 0 unspecified atom stereocenters. The summed E-state index contributed by atoms with van der Waals surface area (Å²) in [5, 5.41) is 0. The number of benzene rings is 2. The quantitative estimate of drug-likeness (QED) is 0.694. The summed E-state index contributed by atoms with van der Waals surface area (Å²) in [6.45, 7) is 0. The molecule has 3 aromatic rings. The topological polar surface area (TPSA) is 25.8 Å². The van der Waals surface area contributed by atoms with Crippen LogP contribution >= 0.6 is 0 Å². The van der Waals surface area contributed by atoms with Crippen molar-refractivity contribution >= 4 is 0 Å². The molecule has 0 fully saturated rings. The Morgan fingerprint density at radius 1 is 0.773 bits per heavy atom. The van der Waals surface area contributed by atoms with Crippen molar-refractivity contribution in [2.24, 2.45) is 0 Å². The van der Waals surface area contributed by atoms with Gasteiger partial charge in [0, 0.05) is 18.8 Å². The minimum absolute atomic E-state index is 0.206. The molecule has 0 aliphatic heterocycles. The summed E-state index contributed by atoms with van der Waals surface area (Å²) in [6, 6.07) is 16.8. The lowest BCUT2D eigenvalue weighted by molar-refractivity contribution is 0.628. The van der Waals surface area contributed by atoms with E-state index in [0.29, 0.717) is 0 Å². The Balaban J connectivity index is 1.65. The van der Waals surface area contributed by atoms with Crippen molar-refractivity contribution in [1.29, 1.82) is 0 Å². The molecule has 1 heterocycles. The van der Waals surface area contributed by atoms with E-state index in [9.17, 15) is 4.39 Å². The Bertz CT molecular complexity index is 724. The molecule has 0 bridgehead atoms. The van der Waals surface area contributed by atoms with Crippen LogP contribution in [0.2, 0.25) is 0 Å². The molecule has 22 heavy (non-hydrogen) atoms. The average Bonchev–Trinajstić information content (AvgIpc) is 2.57. The summed E-state index contributed by atoms with van der Waals surface area (Å²) in [4.78, 5) is 8.47. The molecule has 2 aromatic carbocycles. The maximum Gasteiger partial charge on any atom is 0.128 e.